The average Bonchev–Trinajstić information content (AvgIpc) is 3.26. The van der Waals surface area contributed by atoms with E-state index in [0.717, 1.165) is 6.07 Å². The number of amides is 1. The topological polar surface area (TPSA) is 83.1 Å². The van der Waals surface area contributed by atoms with E-state index in [-0.39, 0.29) is 18.1 Å². The van der Waals surface area contributed by atoms with E-state index in [9.17, 15) is 22.8 Å². The summed E-state index contributed by atoms with van der Waals surface area (Å²) in [7, 11) is 2.99. The molecule has 1 aliphatic carbocycles. The van der Waals surface area contributed by atoms with Crippen molar-refractivity contribution in [2.45, 2.75) is 31.7 Å². The van der Waals surface area contributed by atoms with E-state index in [0.29, 0.717) is 23.5 Å². The van der Waals surface area contributed by atoms with Crippen molar-refractivity contribution in [3.8, 4) is 17.2 Å². The molecule has 2 aromatic rings. The van der Waals surface area contributed by atoms with E-state index in [1.54, 1.807) is 37.3 Å². The van der Waals surface area contributed by atoms with Gasteiger partial charge >= 0.3 is 12.3 Å². The van der Waals surface area contributed by atoms with E-state index in [4.69, 9.17) is 14.2 Å². The number of para-hydroxylation sites is 1. The number of rotatable bonds is 9. The van der Waals surface area contributed by atoms with Crippen LogP contribution in [-0.4, -0.2) is 45.1 Å². The van der Waals surface area contributed by atoms with Crippen LogP contribution in [0.3, 0.4) is 0 Å². The first-order chi connectivity index (χ1) is 16.7. The van der Waals surface area contributed by atoms with E-state index in [1.165, 1.54) is 32.4 Å². The number of methoxy groups -OCH3 is 2. The molecule has 3 rings (SSSR count). The number of nitrogens with one attached hydrogen (secondary N) is 1. The lowest BCUT2D eigenvalue weighted by atomic mass is 9.84. The van der Waals surface area contributed by atoms with Crippen LogP contribution in [0.4, 0.5) is 13.2 Å². The zero-order valence-corrected chi connectivity index (χ0v) is 19.4. The summed E-state index contributed by atoms with van der Waals surface area (Å²) in [5, 5.41) is 2.70. The second-order valence-corrected chi connectivity index (χ2v) is 7.75. The largest absolute Gasteiger partial charge is 0.573 e. The Morgan fingerprint density at radius 3 is 2.46 bits per heavy atom. The van der Waals surface area contributed by atoms with Gasteiger partial charge in [0, 0.05) is 11.6 Å². The van der Waals surface area contributed by atoms with Crippen molar-refractivity contribution >= 4 is 11.9 Å². The van der Waals surface area contributed by atoms with Crippen LogP contribution in [0.1, 0.15) is 35.2 Å². The molecule has 35 heavy (non-hydrogen) atoms. The molecule has 0 saturated heterocycles. The minimum absolute atomic E-state index is 0.175. The molecule has 3 unspecified atom stereocenters. The molecule has 1 N–H and O–H groups in total. The number of ether oxygens (including phenoxy) is 4. The van der Waals surface area contributed by atoms with Crippen LogP contribution in [0, 0.1) is 5.92 Å². The lowest BCUT2D eigenvalue weighted by molar-refractivity contribution is -0.274. The van der Waals surface area contributed by atoms with Gasteiger partial charge in [0.1, 0.15) is 17.2 Å². The molecular weight excluding hydrogens is 467 g/mol. The Kier molecular flexibility index (Phi) is 8.26. The Bertz CT molecular complexity index is 1090. The molecule has 7 nitrogen and oxygen atoms in total. The number of hydrogen-bond acceptors (Lipinski definition) is 6. The minimum atomic E-state index is -4.93. The minimum Gasteiger partial charge on any atom is -0.497 e. The third-order valence-corrected chi connectivity index (χ3v) is 5.53. The smallest absolute Gasteiger partial charge is 0.497 e. The fourth-order valence-corrected chi connectivity index (χ4v) is 4.04. The fourth-order valence-electron chi connectivity index (χ4n) is 4.04. The molecule has 0 spiro atoms. The normalized spacial score (nSPS) is 18.0. The van der Waals surface area contributed by atoms with Gasteiger partial charge in [-0.05, 0) is 49.6 Å². The highest BCUT2D eigenvalue weighted by molar-refractivity contribution is 5.97. The molecule has 10 heteroatoms. The van der Waals surface area contributed by atoms with Gasteiger partial charge < -0.3 is 24.3 Å². The van der Waals surface area contributed by atoms with Crippen molar-refractivity contribution in [2.24, 2.45) is 5.92 Å². The zero-order chi connectivity index (χ0) is 25.6. The highest BCUT2D eigenvalue weighted by atomic mass is 19.4. The van der Waals surface area contributed by atoms with Crippen LogP contribution in [0.25, 0.3) is 0 Å². The van der Waals surface area contributed by atoms with Crippen molar-refractivity contribution in [3.63, 3.8) is 0 Å². The summed E-state index contributed by atoms with van der Waals surface area (Å²) in [6, 6.07) is 9.67. The van der Waals surface area contributed by atoms with Gasteiger partial charge in [0.25, 0.3) is 5.91 Å². The molecule has 1 amide bonds. The predicted octanol–water partition coefficient (Wildman–Crippen LogP) is 4.62. The second kappa shape index (κ2) is 11.2. The van der Waals surface area contributed by atoms with Crippen LogP contribution >= 0.6 is 0 Å². The van der Waals surface area contributed by atoms with Crippen LogP contribution in [0.2, 0.25) is 0 Å². The SMILES string of the molecule is CCOC(=O)C(c1cc(OC)ccc1OC)C1C=CC(NC(=O)c2ccccc2OC(F)(F)F)C1. The number of esters is 1. The first-order valence-electron chi connectivity index (χ1n) is 10.9. The van der Waals surface area contributed by atoms with E-state index in [2.05, 4.69) is 10.1 Å². The maximum absolute atomic E-state index is 13.0. The lowest BCUT2D eigenvalue weighted by Gasteiger charge is -2.24. The number of alkyl halides is 3. The maximum Gasteiger partial charge on any atom is 0.573 e. The molecular formula is C25H26F3NO6. The summed E-state index contributed by atoms with van der Waals surface area (Å²) < 4.78 is 58.2. The van der Waals surface area contributed by atoms with Gasteiger partial charge in [0.15, 0.2) is 0 Å². The summed E-state index contributed by atoms with van der Waals surface area (Å²) in [4.78, 5) is 25.7. The summed E-state index contributed by atoms with van der Waals surface area (Å²) in [5.74, 6) is -1.91. The lowest BCUT2D eigenvalue weighted by Crippen LogP contribution is -2.34. The highest BCUT2D eigenvalue weighted by Crippen LogP contribution is 2.40. The van der Waals surface area contributed by atoms with Crippen molar-refractivity contribution in [1.29, 1.82) is 0 Å². The highest BCUT2D eigenvalue weighted by Gasteiger charge is 2.37. The molecule has 0 bridgehead atoms. The third-order valence-electron chi connectivity index (χ3n) is 5.53. The summed E-state index contributed by atoms with van der Waals surface area (Å²) >= 11 is 0. The number of hydrogen-bond donors (Lipinski definition) is 1. The van der Waals surface area contributed by atoms with Gasteiger partial charge in [-0.25, -0.2) is 0 Å². The first kappa shape index (κ1) is 25.9. The van der Waals surface area contributed by atoms with Crippen molar-refractivity contribution in [1.82, 2.24) is 5.32 Å². The molecule has 0 aromatic heterocycles. The quantitative estimate of drug-likeness (QED) is 0.405. The number of benzene rings is 2. The molecule has 0 fully saturated rings. The maximum atomic E-state index is 13.0. The van der Waals surface area contributed by atoms with Crippen LogP contribution in [0.5, 0.6) is 17.2 Å². The Morgan fingerprint density at radius 1 is 1.06 bits per heavy atom. The van der Waals surface area contributed by atoms with E-state index < -0.39 is 35.9 Å². The summed E-state index contributed by atoms with van der Waals surface area (Å²) in [6.07, 6.45) is -1.13. The van der Waals surface area contributed by atoms with Crippen LogP contribution in [0.15, 0.2) is 54.6 Å². The van der Waals surface area contributed by atoms with Crippen LogP contribution in [-0.2, 0) is 9.53 Å². The molecule has 0 aliphatic heterocycles. The van der Waals surface area contributed by atoms with Gasteiger partial charge in [0.2, 0.25) is 0 Å². The van der Waals surface area contributed by atoms with Gasteiger partial charge in [-0.1, -0.05) is 24.3 Å². The molecule has 0 saturated carbocycles. The van der Waals surface area contributed by atoms with Crippen LogP contribution < -0.4 is 19.5 Å². The second-order valence-electron chi connectivity index (χ2n) is 7.75. The summed E-state index contributed by atoms with van der Waals surface area (Å²) in [6.45, 7) is 1.87. The van der Waals surface area contributed by atoms with E-state index >= 15 is 0 Å². The predicted molar refractivity (Wildman–Crippen MR) is 121 cm³/mol. The first-order valence-corrected chi connectivity index (χ1v) is 10.9. The number of carbonyl (C=O) groups is 2. The van der Waals surface area contributed by atoms with Gasteiger partial charge in [-0.15, -0.1) is 13.2 Å². The third kappa shape index (κ3) is 6.46. The van der Waals surface area contributed by atoms with Gasteiger partial charge in [0.05, 0.1) is 32.3 Å². The molecule has 0 radical (unpaired) electrons. The van der Waals surface area contributed by atoms with Gasteiger partial charge in [-0.2, -0.15) is 0 Å². The van der Waals surface area contributed by atoms with Crippen molar-refractivity contribution in [3.05, 3.63) is 65.7 Å². The molecule has 188 valence electrons. The van der Waals surface area contributed by atoms with Crippen molar-refractivity contribution in [2.75, 3.05) is 20.8 Å². The standard InChI is InChI=1S/C25H26F3NO6/c1-4-34-24(31)22(19-14-17(32-2)11-12-20(19)33-3)15-9-10-16(13-15)29-23(30)18-7-5-6-8-21(18)35-25(26,27)28/h5-12,14-16,22H,4,13H2,1-3H3,(H,29,30). The fraction of sp³-hybridized carbons (Fsp3) is 0.360. The monoisotopic (exact) mass is 493 g/mol. The number of allylic oxidation sites excluding steroid dienone is 1. The molecule has 3 atom stereocenters. The molecule has 1 aliphatic rings. The molecule has 0 heterocycles. The number of carbonyl (C=O) groups excluding carboxylic acids is 2. The Hall–Kier alpha value is -3.69. The molecule has 2 aromatic carbocycles. The zero-order valence-electron chi connectivity index (χ0n) is 19.4. The van der Waals surface area contributed by atoms with Gasteiger partial charge in [-0.3, -0.25) is 9.59 Å². The average molecular weight is 493 g/mol. The van der Waals surface area contributed by atoms with Crippen molar-refractivity contribution < 1.29 is 41.7 Å². The Labute approximate surface area is 200 Å². The Balaban J connectivity index is 1.81. The van der Waals surface area contributed by atoms with E-state index in [1.807, 2.05) is 0 Å². The summed E-state index contributed by atoms with van der Waals surface area (Å²) in [5.41, 5.74) is 0.314. The number of halogens is 3. The Morgan fingerprint density at radius 2 is 1.80 bits per heavy atom.